The molecule has 1 amide bonds. The molecule has 0 spiro atoms. The minimum absolute atomic E-state index is 0.176. The van der Waals surface area contributed by atoms with Crippen molar-refractivity contribution in [3.8, 4) is 0 Å². The summed E-state index contributed by atoms with van der Waals surface area (Å²) in [6, 6.07) is -0.221. The highest BCUT2D eigenvalue weighted by Crippen LogP contribution is 2.41. The third-order valence-electron chi connectivity index (χ3n) is 4.85. The van der Waals surface area contributed by atoms with Crippen LogP contribution in [0.2, 0.25) is 0 Å². The first kappa shape index (κ1) is 23.8. The lowest BCUT2D eigenvalue weighted by Gasteiger charge is -2.32. The van der Waals surface area contributed by atoms with Crippen molar-refractivity contribution in [3.05, 3.63) is 28.6 Å². The summed E-state index contributed by atoms with van der Waals surface area (Å²) < 4.78 is 59.6. The Hall–Kier alpha value is -2.52. The number of alkyl halides is 3. The van der Waals surface area contributed by atoms with Crippen molar-refractivity contribution >= 4 is 17.7 Å². The molecule has 1 saturated carbocycles. The van der Waals surface area contributed by atoms with Gasteiger partial charge in [0.25, 0.3) is 0 Å². The van der Waals surface area contributed by atoms with Gasteiger partial charge in [-0.3, -0.25) is 0 Å². The van der Waals surface area contributed by atoms with Gasteiger partial charge in [-0.05, 0) is 65.0 Å². The summed E-state index contributed by atoms with van der Waals surface area (Å²) in [6.07, 6.45) is -3.75. The SMILES string of the molecule is Cc1c(C(=O)O)cc(F)c(C(F)(F)F)c1NC1CCC(NC(=O)OC(C)(C)C)CC1. The number of nitrogens with one attached hydrogen (secondary N) is 2. The van der Waals surface area contributed by atoms with Crippen molar-refractivity contribution in [2.75, 3.05) is 5.32 Å². The third kappa shape index (κ3) is 5.99. The Morgan fingerprint density at radius 2 is 1.63 bits per heavy atom. The van der Waals surface area contributed by atoms with E-state index in [1.54, 1.807) is 20.8 Å². The van der Waals surface area contributed by atoms with Gasteiger partial charge < -0.3 is 20.5 Å². The van der Waals surface area contributed by atoms with Crippen molar-refractivity contribution in [1.82, 2.24) is 5.32 Å². The Kier molecular flexibility index (Phi) is 6.88. The number of aromatic carboxylic acids is 1. The number of alkyl carbamates (subject to hydrolysis) is 1. The molecule has 30 heavy (non-hydrogen) atoms. The number of carboxylic acids is 1. The average molecular weight is 434 g/mol. The smallest absolute Gasteiger partial charge is 0.421 e. The van der Waals surface area contributed by atoms with Crippen LogP contribution >= 0.6 is 0 Å². The van der Waals surface area contributed by atoms with Gasteiger partial charge in [-0.1, -0.05) is 0 Å². The Morgan fingerprint density at radius 1 is 1.10 bits per heavy atom. The van der Waals surface area contributed by atoms with Crippen LogP contribution in [0, 0.1) is 12.7 Å². The zero-order valence-corrected chi connectivity index (χ0v) is 17.2. The summed E-state index contributed by atoms with van der Waals surface area (Å²) in [6.45, 7) is 6.42. The fraction of sp³-hybridized carbons (Fsp3) is 0.600. The number of rotatable bonds is 4. The maximum Gasteiger partial charge on any atom is 0.421 e. The normalized spacial score (nSPS) is 19.9. The van der Waals surface area contributed by atoms with E-state index in [0.29, 0.717) is 31.7 Å². The summed E-state index contributed by atoms with van der Waals surface area (Å²) >= 11 is 0. The second kappa shape index (κ2) is 8.69. The number of ether oxygens (including phenoxy) is 1. The van der Waals surface area contributed by atoms with E-state index in [4.69, 9.17) is 4.74 Å². The molecule has 0 atom stereocenters. The first-order valence-corrected chi connectivity index (χ1v) is 9.58. The van der Waals surface area contributed by atoms with Gasteiger partial charge in [0.15, 0.2) is 0 Å². The van der Waals surface area contributed by atoms with E-state index < -0.39 is 52.5 Å². The van der Waals surface area contributed by atoms with Crippen LogP contribution in [0.3, 0.4) is 0 Å². The fourth-order valence-electron chi connectivity index (χ4n) is 3.49. The molecular formula is C20H26F4N2O4. The van der Waals surface area contributed by atoms with E-state index in [1.165, 1.54) is 6.92 Å². The monoisotopic (exact) mass is 434 g/mol. The Labute approximate surface area is 172 Å². The molecule has 0 aliphatic heterocycles. The van der Waals surface area contributed by atoms with Gasteiger partial charge >= 0.3 is 18.2 Å². The number of carbonyl (C=O) groups is 2. The lowest BCUT2D eigenvalue weighted by atomic mass is 9.90. The van der Waals surface area contributed by atoms with Crippen LogP contribution < -0.4 is 10.6 Å². The van der Waals surface area contributed by atoms with Crippen LogP contribution in [0.1, 0.15) is 67.9 Å². The molecule has 0 aromatic heterocycles. The maximum absolute atomic E-state index is 14.2. The highest BCUT2D eigenvalue weighted by Gasteiger charge is 2.40. The maximum atomic E-state index is 14.2. The van der Waals surface area contributed by atoms with E-state index in [-0.39, 0.29) is 11.6 Å². The van der Waals surface area contributed by atoms with Crippen molar-refractivity contribution in [2.45, 2.75) is 77.2 Å². The van der Waals surface area contributed by atoms with Crippen molar-refractivity contribution in [3.63, 3.8) is 0 Å². The predicted molar refractivity (Wildman–Crippen MR) is 102 cm³/mol. The van der Waals surface area contributed by atoms with E-state index >= 15 is 0 Å². The summed E-state index contributed by atoms with van der Waals surface area (Å²) in [5.74, 6) is -3.14. The molecule has 1 fully saturated rings. The molecule has 3 N–H and O–H groups in total. The number of hydrogen-bond donors (Lipinski definition) is 3. The molecular weight excluding hydrogens is 408 g/mol. The van der Waals surface area contributed by atoms with Gasteiger partial charge in [0.1, 0.15) is 17.0 Å². The van der Waals surface area contributed by atoms with E-state index in [1.807, 2.05) is 0 Å². The van der Waals surface area contributed by atoms with Crippen LogP contribution in [0.25, 0.3) is 0 Å². The first-order chi connectivity index (χ1) is 13.7. The zero-order valence-electron chi connectivity index (χ0n) is 17.2. The van der Waals surface area contributed by atoms with Crippen LogP contribution in [0.15, 0.2) is 6.07 Å². The number of benzene rings is 1. The Bertz CT molecular complexity index is 810. The molecule has 2 rings (SSSR count). The number of anilines is 1. The van der Waals surface area contributed by atoms with Gasteiger partial charge in [-0.2, -0.15) is 13.2 Å². The number of halogens is 4. The summed E-state index contributed by atoms with van der Waals surface area (Å²) in [5, 5.41) is 14.6. The molecule has 10 heteroatoms. The highest BCUT2D eigenvalue weighted by molar-refractivity contribution is 5.92. The van der Waals surface area contributed by atoms with Crippen LogP contribution in [-0.2, 0) is 10.9 Å². The molecule has 6 nitrogen and oxygen atoms in total. The summed E-state index contributed by atoms with van der Waals surface area (Å²) in [4.78, 5) is 23.2. The fourth-order valence-corrected chi connectivity index (χ4v) is 3.49. The molecule has 1 aliphatic carbocycles. The molecule has 168 valence electrons. The molecule has 0 radical (unpaired) electrons. The molecule has 0 bridgehead atoms. The average Bonchev–Trinajstić information content (AvgIpc) is 2.56. The minimum Gasteiger partial charge on any atom is -0.478 e. The van der Waals surface area contributed by atoms with Gasteiger partial charge in [-0.25, -0.2) is 14.0 Å². The van der Waals surface area contributed by atoms with Gasteiger partial charge in [0.05, 0.1) is 11.3 Å². The van der Waals surface area contributed by atoms with Gasteiger partial charge in [0.2, 0.25) is 0 Å². The largest absolute Gasteiger partial charge is 0.478 e. The Morgan fingerprint density at radius 3 is 2.10 bits per heavy atom. The zero-order chi connectivity index (χ0) is 22.9. The topological polar surface area (TPSA) is 87.7 Å². The van der Waals surface area contributed by atoms with E-state index in [9.17, 15) is 32.3 Å². The van der Waals surface area contributed by atoms with Crippen molar-refractivity contribution < 1.29 is 37.0 Å². The third-order valence-corrected chi connectivity index (χ3v) is 4.85. The molecule has 0 heterocycles. The standard InChI is InChI=1S/C20H26F4N2O4/c1-10-13(17(27)28)9-14(21)15(20(22,23)24)16(10)25-11-5-7-12(8-6-11)26-18(29)30-19(2,3)4/h9,11-12,25H,5-8H2,1-4H3,(H,26,29)(H,27,28). The molecule has 1 aromatic carbocycles. The highest BCUT2D eigenvalue weighted by atomic mass is 19.4. The summed E-state index contributed by atoms with van der Waals surface area (Å²) in [7, 11) is 0. The number of amides is 1. The van der Waals surface area contributed by atoms with Crippen LogP contribution in [-0.4, -0.2) is 34.9 Å². The van der Waals surface area contributed by atoms with E-state index in [2.05, 4.69) is 10.6 Å². The molecule has 1 aliphatic rings. The number of carboxylic acid groups (broad SMARTS) is 1. The number of carbonyl (C=O) groups excluding carboxylic acids is 1. The van der Waals surface area contributed by atoms with Gasteiger partial charge in [-0.15, -0.1) is 0 Å². The molecule has 0 saturated heterocycles. The number of hydrogen-bond acceptors (Lipinski definition) is 4. The lowest BCUT2D eigenvalue weighted by molar-refractivity contribution is -0.139. The predicted octanol–water partition coefficient (Wildman–Crippen LogP) is 5.10. The molecule has 1 aromatic rings. The van der Waals surface area contributed by atoms with Crippen LogP contribution in [0.4, 0.5) is 28.0 Å². The minimum atomic E-state index is -4.98. The summed E-state index contributed by atoms with van der Waals surface area (Å²) in [5.41, 5.74) is -3.40. The van der Waals surface area contributed by atoms with Crippen molar-refractivity contribution in [2.24, 2.45) is 0 Å². The Balaban J connectivity index is 2.14. The first-order valence-electron chi connectivity index (χ1n) is 9.58. The lowest BCUT2D eigenvalue weighted by Crippen LogP contribution is -2.42. The van der Waals surface area contributed by atoms with Crippen LogP contribution in [0.5, 0.6) is 0 Å². The molecule has 0 unspecified atom stereocenters. The van der Waals surface area contributed by atoms with Crippen molar-refractivity contribution in [1.29, 1.82) is 0 Å². The second-order valence-electron chi connectivity index (χ2n) is 8.42. The van der Waals surface area contributed by atoms with Gasteiger partial charge in [0, 0.05) is 12.1 Å². The van der Waals surface area contributed by atoms with E-state index in [0.717, 1.165) is 0 Å². The quantitative estimate of drug-likeness (QED) is 0.574. The second-order valence-corrected chi connectivity index (χ2v) is 8.42.